The largest absolute Gasteiger partial charge is 0.270 e. The van der Waals surface area contributed by atoms with Crippen molar-refractivity contribution < 1.29 is 4.92 Å². The SMILES string of the molecule is Cc1ccc(-c2cc([N+](=O)[O-])cc3ccccc23)s1. The molecule has 0 radical (unpaired) electrons. The molecule has 0 aliphatic heterocycles. The molecule has 4 heteroatoms. The van der Waals surface area contributed by atoms with Gasteiger partial charge in [-0.3, -0.25) is 10.1 Å². The average Bonchev–Trinajstić information content (AvgIpc) is 2.84. The van der Waals surface area contributed by atoms with Gasteiger partial charge in [0.1, 0.15) is 0 Å². The predicted octanol–water partition coefficient (Wildman–Crippen LogP) is 4.78. The molecule has 19 heavy (non-hydrogen) atoms. The first kappa shape index (κ1) is 11.9. The first-order chi connectivity index (χ1) is 9.15. The van der Waals surface area contributed by atoms with Crippen LogP contribution in [0.4, 0.5) is 5.69 Å². The van der Waals surface area contributed by atoms with Crippen LogP contribution in [-0.2, 0) is 0 Å². The van der Waals surface area contributed by atoms with Crippen LogP contribution in [-0.4, -0.2) is 4.92 Å². The molecule has 0 bridgehead atoms. The molecule has 0 spiro atoms. The Morgan fingerprint density at radius 2 is 1.89 bits per heavy atom. The van der Waals surface area contributed by atoms with E-state index < -0.39 is 0 Å². The molecule has 1 aromatic heterocycles. The fraction of sp³-hybridized carbons (Fsp3) is 0.0667. The molecule has 3 rings (SSSR count). The van der Waals surface area contributed by atoms with Crippen molar-refractivity contribution in [1.82, 2.24) is 0 Å². The summed E-state index contributed by atoms with van der Waals surface area (Å²) in [5, 5.41) is 13.0. The van der Waals surface area contributed by atoms with E-state index in [9.17, 15) is 10.1 Å². The Balaban J connectivity index is 2.35. The zero-order valence-electron chi connectivity index (χ0n) is 10.3. The standard InChI is InChI=1S/C15H11NO2S/c1-10-6-7-15(19-10)14-9-12(16(17)18)8-11-4-2-3-5-13(11)14/h2-9H,1H3. The quantitative estimate of drug-likeness (QED) is 0.496. The molecule has 0 aliphatic rings. The van der Waals surface area contributed by atoms with Crippen molar-refractivity contribution in [2.24, 2.45) is 0 Å². The van der Waals surface area contributed by atoms with Gasteiger partial charge in [-0.2, -0.15) is 0 Å². The smallest absolute Gasteiger partial charge is 0.258 e. The van der Waals surface area contributed by atoms with Gasteiger partial charge in [-0.15, -0.1) is 11.3 Å². The molecule has 1 heterocycles. The molecule has 0 N–H and O–H groups in total. The van der Waals surface area contributed by atoms with Crippen LogP contribution >= 0.6 is 11.3 Å². The van der Waals surface area contributed by atoms with Crippen molar-refractivity contribution in [1.29, 1.82) is 0 Å². The number of benzene rings is 2. The van der Waals surface area contributed by atoms with Gasteiger partial charge in [0.2, 0.25) is 0 Å². The lowest BCUT2D eigenvalue weighted by atomic mass is 10.0. The Morgan fingerprint density at radius 3 is 2.58 bits per heavy atom. The molecule has 0 aliphatic carbocycles. The fourth-order valence-electron chi connectivity index (χ4n) is 2.18. The molecule has 0 unspecified atom stereocenters. The lowest BCUT2D eigenvalue weighted by molar-refractivity contribution is -0.384. The van der Waals surface area contributed by atoms with Crippen LogP contribution in [0.15, 0.2) is 48.5 Å². The lowest BCUT2D eigenvalue weighted by Crippen LogP contribution is -1.89. The van der Waals surface area contributed by atoms with Crippen molar-refractivity contribution >= 4 is 27.8 Å². The maximum atomic E-state index is 11.0. The van der Waals surface area contributed by atoms with Crippen LogP contribution in [0.5, 0.6) is 0 Å². The van der Waals surface area contributed by atoms with Gasteiger partial charge in [0, 0.05) is 27.5 Å². The molecule has 3 nitrogen and oxygen atoms in total. The highest BCUT2D eigenvalue weighted by Crippen LogP contribution is 2.36. The van der Waals surface area contributed by atoms with Crippen LogP contribution < -0.4 is 0 Å². The first-order valence-corrected chi connectivity index (χ1v) is 6.71. The third-order valence-corrected chi connectivity index (χ3v) is 4.10. The second-order valence-corrected chi connectivity index (χ2v) is 5.67. The van der Waals surface area contributed by atoms with Crippen molar-refractivity contribution in [3.8, 4) is 10.4 Å². The third kappa shape index (κ3) is 2.11. The summed E-state index contributed by atoms with van der Waals surface area (Å²) in [5.41, 5.74) is 1.07. The number of aryl methyl sites for hydroxylation is 1. The zero-order valence-corrected chi connectivity index (χ0v) is 11.1. The number of rotatable bonds is 2. The monoisotopic (exact) mass is 269 g/mol. The molecule has 3 aromatic rings. The number of nitrogens with zero attached hydrogens (tertiary/aromatic N) is 1. The van der Waals surface area contributed by atoms with Gasteiger partial charge in [0.15, 0.2) is 0 Å². The summed E-state index contributed by atoms with van der Waals surface area (Å²) in [6, 6.07) is 15.1. The minimum absolute atomic E-state index is 0.139. The number of hydrogen-bond donors (Lipinski definition) is 0. The summed E-state index contributed by atoms with van der Waals surface area (Å²) in [6.45, 7) is 2.04. The first-order valence-electron chi connectivity index (χ1n) is 5.89. The topological polar surface area (TPSA) is 43.1 Å². The van der Waals surface area contributed by atoms with E-state index >= 15 is 0 Å². The van der Waals surface area contributed by atoms with Crippen molar-refractivity contribution in [3.63, 3.8) is 0 Å². The number of nitro benzene ring substituents is 1. The van der Waals surface area contributed by atoms with Crippen molar-refractivity contribution in [2.45, 2.75) is 6.92 Å². The summed E-state index contributed by atoms with van der Waals surface area (Å²) in [6.07, 6.45) is 0. The van der Waals surface area contributed by atoms with E-state index in [0.717, 1.165) is 21.2 Å². The molecule has 0 saturated heterocycles. The Hall–Kier alpha value is -2.20. The van der Waals surface area contributed by atoms with Crippen LogP contribution in [0.3, 0.4) is 0 Å². The van der Waals surface area contributed by atoms with Gasteiger partial charge in [0.05, 0.1) is 4.92 Å². The van der Waals surface area contributed by atoms with E-state index in [1.807, 2.05) is 43.3 Å². The van der Waals surface area contributed by atoms with Crippen LogP contribution in [0.2, 0.25) is 0 Å². The zero-order chi connectivity index (χ0) is 13.4. The molecule has 0 amide bonds. The van der Waals surface area contributed by atoms with E-state index in [1.165, 1.54) is 4.88 Å². The van der Waals surface area contributed by atoms with Gasteiger partial charge in [-0.1, -0.05) is 24.3 Å². The molecule has 0 atom stereocenters. The molecule has 2 aromatic carbocycles. The summed E-state index contributed by atoms with van der Waals surface area (Å²) < 4.78 is 0. The molecule has 0 fully saturated rings. The van der Waals surface area contributed by atoms with Gasteiger partial charge in [-0.05, 0) is 29.8 Å². The summed E-state index contributed by atoms with van der Waals surface area (Å²) in [5.74, 6) is 0. The summed E-state index contributed by atoms with van der Waals surface area (Å²) in [7, 11) is 0. The summed E-state index contributed by atoms with van der Waals surface area (Å²) >= 11 is 1.65. The van der Waals surface area contributed by atoms with Gasteiger partial charge in [0.25, 0.3) is 5.69 Å². The predicted molar refractivity (Wildman–Crippen MR) is 78.7 cm³/mol. The fourth-order valence-corrected chi connectivity index (χ4v) is 3.08. The number of thiophene rings is 1. The number of non-ortho nitro benzene ring substituents is 1. The van der Waals surface area contributed by atoms with Crippen LogP contribution in [0, 0.1) is 17.0 Å². The molecule has 94 valence electrons. The Labute approximate surface area is 114 Å². The second kappa shape index (κ2) is 4.48. The van der Waals surface area contributed by atoms with E-state index in [2.05, 4.69) is 0 Å². The maximum absolute atomic E-state index is 11.0. The Kier molecular flexibility index (Phi) is 2.80. The third-order valence-electron chi connectivity index (χ3n) is 3.06. The number of hydrogen-bond acceptors (Lipinski definition) is 3. The summed E-state index contributed by atoms with van der Waals surface area (Å²) in [4.78, 5) is 13.0. The van der Waals surface area contributed by atoms with Crippen molar-refractivity contribution in [3.05, 3.63) is 63.5 Å². The molecule has 0 saturated carbocycles. The van der Waals surface area contributed by atoms with E-state index in [-0.39, 0.29) is 10.6 Å². The average molecular weight is 269 g/mol. The number of fused-ring (bicyclic) bond motifs is 1. The van der Waals surface area contributed by atoms with Crippen LogP contribution in [0.25, 0.3) is 21.2 Å². The highest BCUT2D eigenvalue weighted by molar-refractivity contribution is 7.15. The van der Waals surface area contributed by atoms with E-state index in [0.29, 0.717) is 0 Å². The Bertz CT molecular complexity index is 777. The Morgan fingerprint density at radius 1 is 1.11 bits per heavy atom. The highest BCUT2D eigenvalue weighted by Gasteiger charge is 2.13. The molecular formula is C15H11NO2S. The normalized spacial score (nSPS) is 10.8. The van der Waals surface area contributed by atoms with Gasteiger partial charge >= 0.3 is 0 Å². The van der Waals surface area contributed by atoms with Gasteiger partial charge < -0.3 is 0 Å². The second-order valence-electron chi connectivity index (χ2n) is 4.38. The minimum Gasteiger partial charge on any atom is -0.258 e. The highest BCUT2D eigenvalue weighted by atomic mass is 32.1. The van der Waals surface area contributed by atoms with Gasteiger partial charge in [-0.25, -0.2) is 0 Å². The maximum Gasteiger partial charge on any atom is 0.270 e. The van der Waals surface area contributed by atoms with Crippen molar-refractivity contribution in [2.75, 3.05) is 0 Å². The molecular weight excluding hydrogens is 258 g/mol. The lowest BCUT2D eigenvalue weighted by Gasteiger charge is -2.05. The van der Waals surface area contributed by atoms with Crippen LogP contribution in [0.1, 0.15) is 4.88 Å². The number of nitro groups is 1. The minimum atomic E-state index is -0.337. The van der Waals surface area contributed by atoms with E-state index in [1.54, 1.807) is 23.5 Å². The van der Waals surface area contributed by atoms with E-state index in [4.69, 9.17) is 0 Å².